The predicted octanol–water partition coefficient (Wildman–Crippen LogP) is 3.74. The number of carbonyl (C=O) groups is 1. The third-order valence-electron chi connectivity index (χ3n) is 3.71. The van der Waals surface area contributed by atoms with Gasteiger partial charge in [0.25, 0.3) is 17.0 Å². The van der Waals surface area contributed by atoms with Gasteiger partial charge in [0.1, 0.15) is 5.75 Å². The summed E-state index contributed by atoms with van der Waals surface area (Å²) in [5.41, 5.74) is 2.50. The van der Waals surface area contributed by atoms with E-state index in [0.29, 0.717) is 28.2 Å². The van der Waals surface area contributed by atoms with Gasteiger partial charge < -0.3 is 14.1 Å². The number of methoxy groups -OCH3 is 1. The summed E-state index contributed by atoms with van der Waals surface area (Å²) in [5.74, 6) is 1.78. The first-order valence-corrected chi connectivity index (χ1v) is 8.97. The minimum absolute atomic E-state index is 0.0115. The van der Waals surface area contributed by atoms with Crippen molar-refractivity contribution >= 4 is 17.7 Å². The second-order valence-corrected chi connectivity index (χ2v) is 6.69. The zero-order chi connectivity index (χ0) is 18.5. The molecule has 7 heteroatoms. The van der Waals surface area contributed by atoms with E-state index >= 15 is 0 Å². The maximum absolute atomic E-state index is 11.9. The van der Waals surface area contributed by atoms with Crippen LogP contribution in [0.4, 0.5) is 0 Å². The van der Waals surface area contributed by atoms with Crippen molar-refractivity contribution in [2.45, 2.75) is 11.0 Å². The number of thioether (sulfide) groups is 1. The Morgan fingerprint density at radius 1 is 1.12 bits per heavy atom. The summed E-state index contributed by atoms with van der Waals surface area (Å²) >= 11 is 1.45. The molecule has 1 heterocycles. The number of benzene rings is 2. The highest BCUT2D eigenvalue weighted by molar-refractivity contribution is 7.98. The maximum Gasteiger partial charge on any atom is 0.277 e. The molecule has 0 fully saturated rings. The molecule has 3 aromatic rings. The third-order valence-corrected chi connectivity index (χ3v) is 4.60. The van der Waals surface area contributed by atoms with Crippen LogP contribution in [0, 0.1) is 0 Å². The van der Waals surface area contributed by atoms with Crippen molar-refractivity contribution in [3.63, 3.8) is 0 Å². The van der Waals surface area contributed by atoms with E-state index in [1.807, 2.05) is 48.5 Å². The number of aromatic nitrogens is 2. The van der Waals surface area contributed by atoms with Gasteiger partial charge in [0.05, 0.1) is 12.7 Å². The first-order valence-electron chi connectivity index (χ1n) is 7.99. The molecule has 0 radical (unpaired) electrons. The zero-order valence-electron chi connectivity index (χ0n) is 14.8. The van der Waals surface area contributed by atoms with E-state index in [1.54, 1.807) is 26.1 Å². The molecular weight excluding hydrogens is 350 g/mol. The van der Waals surface area contributed by atoms with E-state index in [9.17, 15) is 4.79 Å². The average Bonchev–Trinajstić information content (AvgIpc) is 3.15. The Morgan fingerprint density at radius 2 is 1.85 bits per heavy atom. The molecule has 0 N–H and O–H groups in total. The summed E-state index contributed by atoms with van der Waals surface area (Å²) in [7, 11) is 5.08. The molecule has 6 nitrogen and oxygen atoms in total. The number of para-hydroxylation sites is 1. The Balaban J connectivity index is 1.66. The highest BCUT2D eigenvalue weighted by atomic mass is 32.2. The van der Waals surface area contributed by atoms with Gasteiger partial charge in [-0.2, -0.15) is 0 Å². The Morgan fingerprint density at radius 3 is 2.54 bits per heavy atom. The monoisotopic (exact) mass is 369 g/mol. The number of amides is 1. The van der Waals surface area contributed by atoms with Crippen molar-refractivity contribution in [1.29, 1.82) is 0 Å². The third kappa shape index (κ3) is 4.05. The minimum atomic E-state index is -0.0115. The molecule has 0 spiro atoms. The lowest BCUT2D eigenvalue weighted by Gasteiger charge is -2.10. The summed E-state index contributed by atoms with van der Waals surface area (Å²) in [6.07, 6.45) is 0. The minimum Gasteiger partial charge on any atom is -0.496 e. The van der Waals surface area contributed by atoms with E-state index in [2.05, 4.69) is 10.2 Å². The van der Waals surface area contributed by atoms with Gasteiger partial charge in [-0.05, 0) is 29.8 Å². The molecule has 1 aromatic heterocycles. The molecular formula is C19H19N3O3S. The summed E-state index contributed by atoms with van der Waals surface area (Å²) in [6.45, 7) is 0. The van der Waals surface area contributed by atoms with E-state index in [-0.39, 0.29) is 5.91 Å². The lowest BCUT2D eigenvalue weighted by Crippen LogP contribution is -2.21. The van der Waals surface area contributed by atoms with Crippen molar-refractivity contribution in [3.8, 4) is 17.2 Å². The van der Waals surface area contributed by atoms with Crippen LogP contribution in [0.15, 0.2) is 58.2 Å². The standard InChI is InChI=1S/C19H19N3O3S/c1-22(2)18(23)14-10-8-13(9-11-14)12-26-19-21-20-17(25-19)15-6-4-5-7-16(15)24-3/h4-11H,12H2,1-3H3. The quantitative estimate of drug-likeness (QED) is 0.617. The van der Waals surface area contributed by atoms with Crippen LogP contribution >= 0.6 is 11.8 Å². The van der Waals surface area contributed by atoms with Crippen LogP contribution in [0.25, 0.3) is 11.5 Å². The summed E-state index contributed by atoms with van der Waals surface area (Å²) < 4.78 is 11.0. The van der Waals surface area contributed by atoms with Gasteiger partial charge in [-0.1, -0.05) is 36.0 Å². The number of nitrogens with zero attached hydrogens (tertiary/aromatic N) is 3. The zero-order valence-corrected chi connectivity index (χ0v) is 15.6. The number of rotatable bonds is 6. The number of hydrogen-bond donors (Lipinski definition) is 0. The van der Waals surface area contributed by atoms with Crippen molar-refractivity contribution in [3.05, 3.63) is 59.7 Å². The molecule has 26 heavy (non-hydrogen) atoms. The molecule has 0 aliphatic carbocycles. The summed E-state index contributed by atoms with van der Waals surface area (Å²) in [5, 5.41) is 8.66. The summed E-state index contributed by atoms with van der Waals surface area (Å²) in [4.78, 5) is 13.5. The molecule has 0 saturated carbocycles. The second-order valence-electron chi connectivity index (χ2n) is 5.76. The van der Waals surface area contributed by atoms with Gasteiger partial charge in [-0.3, -0.25) is 4.79 Å². The lowest BCUT2D eigenvalue weighted by atomic mass is 10.1. The topological polar surface area (TPSA) is 68.5 Å². The highest BCUT2D eigenvalue weighted by Gasteiger charge is 2.13. The second kappa shape index (κ2) is 8.05. The van der Waals surface area contributed by atoms with Crippen LogP contribution in [0.5, 0.6) is 5.75 Å². The Labute approximate surface area is 156 Å². The van der Waals surface area contributed by atoms with Crippen molar-refractivity contribution in [1.82, 2.24) is 15.1 Å². The molecule has 0 bridgehead atoms. The smallest absolute Gasteiger partial charge is 0.277 e. The molecule has 134 valence electrons. The fourth-order valence-electron chi connectivity index (χ4n) is 2.35. The van der Waals surface area contributed by atoms with Gasteiger partial charge in [-0.15, -0.1) is 10.2 Å². The van der Waals surface area contributed by atoms with Crippen LogP contribution in [-0.4, -0.2) is 42.2 Å². The Hall–Kier alpha value is -2.80. The van der Waals surface area contributed by atoms with Crippen LogP contribution in [0.3, 0.4) is 0 Å². The first-order chi connectivity index (χ1) is 12.6. The summed E-state index contributed by atoms with van der Waals surface area (Å²) in [6, 6.07) is 15.0. The van der Waals surface area contributed by atoms with Crippen LogP contribution in [0.2, 0.25) is 0 Å². The van der Waals surface area contributed by atoms with Gasteiger partial charge in [-0.25, -0.2) is 0 Å². The number of hydrogen-bond acceptors (Lipinski definition) is 6. The molecule has 0 atom stereocenters. The highest BCUT2D eigenvalue weighted by Crippen LogP contribution is 2.31. The first kappa shape index (κ1) is 18.0. The fraction of sp³-hybridized carbons (Fsp3) is 0.211. The van der Waals surface area contributed by atoms with Gasteiger partial charge in [0.2, 0.25) is 0 Å². The van der Waals surface area contributed by atoms with Crippen molar-refractivity contribution in [2.75, 3.05) is 21.2 Å². The lowest BCUT2D eigenvalue weighted by molar-refractivity contribution is 0.0827. The molecule has 0 aliphatic heterocycles. The number of ether oxygens (including phenoxy) is 1. The van der Waals surface area contributed by atoms with E-state index in [1.165, 1.54) is 11.8 Å². The van der Waals surface area contributed by atoms with Crippen LogP contribution in [-0.2, 0) is 5.75 Å². The van der Waals surface area contributed by atoms with Crippen LogP contribution < -0.4 is 4.74 Å². The molecule has 3 rings (SSSR count). The number of carbonyl (C=O) groups excluding carboxylic acids is 1. The Kier molecular flexibility index (Phi) is 5.58. The largest absolute Gasteiger partial charge is 0.496 e. The maximum atomic E-state index is 11.9. The molecule has 0 saturated heterocycles. The fourth-order valence-corrected chi connectivity index (χ4v) is 3.06. The molecule has 0 unspecified atom stereocenters. The van der Waals surface area contributed by atoms with E-state index in [4.69, 9.17) is 9.15 Å². The Bertz CT molecular complexity index is 891. The average molecular weight is 369 g/mol. The SMILES string of the molecule is COc1ccccc1-c1nnc(SCc2ccc(C(=O)N(C)C)cc2)o1. The van der Waals surface area contributed by atoms with Crippen molar-refractivity contribution in [2.24, 2.45) is 0 Å². The molecule has 1 amide bonds. The van der Waals surface area contributed by atoms with Crippen LogP contribution in [0.1, 0.15) is 15.9 Å². The normalized spacial score (nSPS) is 10.6. The molecule has 0 aliphatic rings. The van der Waals surface area contributed by atoms with Gasteiger partial charge in [0, 0.05) is 25.4 Å². The predicted molar refractivity (Wildman–Crippen MR) is 100 cm³/mol. The van der Waals surface area contributed by atoms with Gasteiger partial charge in [0.15, 0.2) is 0 Å². The van der Waals surface area contributed by atoms with E-state index in [0.717, 1.165) is 11.1 Å². The van der Waals surface area contributed by atoms with Gasteiger partial charge >= 0.3 is 0 Å². The van der Waals surface area contributed by atoms with E-state index < -0.39 is 0 Å². The van der Waals surface area contributed by atoms with Crippen molar-refractivity contribution < 1.29 is 13.9 Å². The molecule has 2 aromatic carbocycles.